The number of anilines is 1. The van der Waals surface area contributed by atoms with E-state index in [9.17, 15) is 9.90 Å². The first-order chi connectivity index (χ1) is 19.6. The normalized spacial score (nSPS) is 20.1. The molecule has 0 atom stereocenters. The number of rotatable bonds is 6. The second kappa shape index (κ2) is 10.4. The summed E-state index contributed by atoms with van der Waals surface area (Å²) in [6, 6.07) is 2.25. The van der Waals surface area contributed by atoms with Crippen LogP contribution in [-0.2, 0) is 4.79 Å². The molecule has 2 saturated heterocycles. The lowest BCUT2D eigenvalue weighted by molar-refractivity contribution is -0.127. The molecule has 2 aliphatic heterocycles. The molecule has 41 heavy (non-hydrogen) atoms. The van der Waals surface area contributed by atoms with Gasteiger partial charge in [0.1, 0.15) is 0 Å². The van der Waals surface area contributed by atoms with Crippen molar-refractivity contribution in [1.82, 2.24) is 29.8 Å². The SMILES string of the molecule is C=CC(=O)N1CCC(n2nc(N3CCN(C(C)(C)CO)CC34CCC4)c(-c3c(Cl)c(C)cc4[nH]ncc34)c2C)CC1. The summed E-state index contributed by atoms with van der Waals surface area (Å²) in [5.41, 5.74) is 4.82. The zero-order valence-electron chi connectivity index (χ0n) is 24.7. The Labute approximate surface area is 247 Å². The zero-order valence-corrected chi connectivity index (χ0v) is 25.5. The van der Waals surface area contributed by atoms with Gasteiger partial charge < -0.3 is 14.9 Å². The summed E-state index contributed by atoms with van der Waals surface area (Å²) in [7, 11) is 0. The van der Waals surface area contributed by atoms with E-state index in [-0.39, 0.29) is 29.6 Å². The van der Waals surface area contributed by atoms with E-state index in [0.29, 0.717) is 13.1 Å². The summed E-state index contributed by atoms with van der Waals surface area (Å²) in [6.07, 6.45) is 8.34. The second-order valence-electron chi connectivity index (χ2n) is 12.8. The molecule has 10 heteroatoms. The van der Waals surface area contributed by atoms with Crippen molar-refractivity contribution >= 4 is 34.2 Å². The molecule has 1 amide bonds. The van der Waals surface area contributed by atoms with E-state index in [4.69, 9.17) is 16.7 Å². The van der Waals surface area contributed by atoms with Crippen LogP contribution in [0.5, 0.6) is 0 Å². The largest absolute Gasteiger partial charge is 0.394 e. The van der Waals surface area contributed by atoms with Crippen LogP contribution in [0.2, 0.25) is 5.02 Å². The Balaban J connectivity index is 1.48. The fraction of sp³-hybridized carbons (Fsp3) is 0.581. The summed E-state index contributed by atoms with van der Waals surface area (Å²) in [4.78, 5) is 19.1. The lowest BCUT2D eigenvalue weighted by Crippen LogP contribution is -2.69. The van der Waals surface area contributed by atoms with Gasteiger partial charge in [-0.1, -0.05) is 18.2 Å². The molecule has 3 fully saturated rings. The number of piperazine rings is 1. The third kappa shape index (κ3) is 4.57. The van der Waals surface area contributed by atoms with E-state index in [1.54, 1.807) is 0 Å². The number of carbonyl (C=O) groups excluding carboxylic acids is 1. The topological polar surface area (TPSA) is 93.5 Å². The number of piperidine rings is 1. The van der Waals surface area contributed by atoms with Gasteiger partial charge in [-0.2, -0.15) is 10.2 Å². The number of aryl methyl sites for hydroxylation is 1. The van der Waals surface area contributed by atoms with Crippen LogP contribution in [0.4, 0.5) is 5.82 Å². The lowest BCUT2D eigenvalue weighted by atomic mass is 9.72. The molecule has 1 spiro atoms. The van der Waals surface area contributed by atoms with Crippen molar-refractivity contribution < 1.29 is 9.90 Å². The number of likely N-dealkylation sites (tertiary alicyclic amines) is 1. The maximum atomic E-state index is 12.3. The van der Waals surface area contributed by atoms with E-state index in [1.165, 1.54) is 12.5 Å². The van der Waals surface area contributed by atoms with E-state index in [1.807, 2.05) is 18.0 Å². The maximum Gasteiger partial charge on any atom is 0.245 e. The Morgan fingerprint density at radius 1 is 1.22 bits per heavy atom. The highest BCUT2D eigenvalue weighted by Crippen LogP contribution is 2.50. The monoisotopic (exact) mass is 579 g/mol. The molecule has 1 aliphatic carbocycles. The summed E-state index contributed by atoms with van der Waals surface area (Å²) in [5.74, 6) is 0.981. The molecule has 0 bridgehead atoms. The minimum Gasteiger partial charge on any atom is -0.394 e. The van der Waals surface area contributed by atoms with E-state index in [0.717, 1.165) is 89.4 Å². The number of nitrogens with zero attached hydrogens (tertiary/aromatic N) is 6. The Kier molecular flexibility index (Phi) is 7.19. The van der Waals surface area contributed by atoms with Gasteiger partial charge in [0, 0.05) is 60.5 Å². The maximum absolute atomic E-state index is 12.3. The van der Waals surface area contributed by atoms with Crippen molar-refractivity contribution in [3.8, 4) is 11.1 Å². The Morgan fingerprint density at radius 3 is 2.59 bits per heavy atom. The number of hydrogen-bond acceptors (Lipinski definition) is 6. The highest BCUT2D eigenvalue weighted by atomic mass is 35.5. The molecule has 2 aromatic heterocycles. The molecule has 0 unspecified atom stereocenters. The van der Waals surface area contributed by atoms with E-state index in [2.05, 4.69) is 58.1 Å². The molecule has 6 rings (SSSR count). The van der Waals surface area contributed by atoms with Crippen molar-refractivity contribution in [2.45, 2.75) is 76.9 Å². The second-order valence-corrected chi connectivity index (χ2v) is 13.2. The van der Waals surface area contributed by atoms with Gasteiger partial charge in [-0.05, 0) is 77.5 Å². The number of carbonyl (C=O) groups is 1. The summed E-state index contributed by atoms with van der Waals surface area (Å²) >= 11 is 7.15. The van der Waals surface area contributed by atoms with Gasteiger partial charge in [0.2, 0.25) is 5.91 Å². The van der Waals surface area contributed by atoms with Crippen LogP contribution in [-0.4, -0.2) is 91.2 Å². The molecular formula is C31H42ClN7O2. The molecule has 1 saturated carbocycles. The smallest absolute Gasteiger partial charge is 0.245 e. The van der Waals surface area contributed by atoms with Crippen LogP contribution < -0.4 is 4.90 Å². The average molecular weight is 580 g/mol. The molecule has 3 aromatic rings. The number of amides is 1. The van der Waals surface area contributed by atoms with Crippen molar-refractivity contribution in [2.75, 3.05) is 44.2 Å². The van der Waals surface area contributed by atoms with Gasteiger partial charge in [-0.3, -0.25) is 19.5 Å². The molecule has 1 aromatic carbocycles. The number of H-pyrrole nitrogens is 1. The predicted molar refractivity (Wildman–Crippen MR) is 164 cm³/mol. The molecule has 3 aliphatic rings. The number of benzene rings is 1. The lowest BCUT2D eigenvalue weighted by Gasteiger charge is -2.59. The number of hydrogen-bond donors (Lipinski definition) is 2. The van der Waals surface area contributed by atoms with Gasteiger partial charge in [-0.25, -0.2) is 0 Å². The van der Waals surface area contributed by atoms with E-state index >= 15 is 0 Å². The first-order valence-electron chi connectivity index (χ1n) is 14.9. The number of nitrogens with one attached hydrogen (secondary N) is 1. The van der Waals surface area contributed by atoms with Gasteiger partial charge in [-0.15, -0.1) is 0 Å². The molecular weight excluding hydrogens is 538 g/mol. The highest BCUT2D eigenvalue weighted by Gasteiger charge is 2.50. The van der Waals surface area contributed by atoms with Gasteiger partial charge in [0.25, 0.3) is 0 Å². The molecule has 9 nitrogen and oxygen atoms in total. The van der Waals surface area contributed by atoms with Crippen LogP contribution in [0.1, 0.15) is 63.3 Å². The zero-order chi connectivity index (χ0) is 29.1. The van der Waals surface area contributed by atoms with Gasteiger partial charge in [0.05, 0.1) is 34.9 Å². The fourth-order valence-corrected chi connectivity index (χ4v) is 7.43. The van der Waals surface area contributed by atoms with Crippen LogP contribution in [0, 0.1) is 13.8 Å². The molecule has 4 heterocycles. The van der Waals surface area contributed by atoms with Crippen LogP contribution in [0.15, 0.2) is 24.9 Å². The van der Waals surface area contributed by atoms with Crippen molar-refractivity contribution in [3.63, 3.8) is 0 Å². The number of aromatic amines is 1. The van der Waals surface area contributed by atoms with E-state index < -0.39 is 0 Å². The third-order valence-electron chi connectivity index (χ3n) is 9.98. The molecule has 0 radical (unpaired) electrons. The molecule has 220 valence electrons. The molecule has 2 N–H and O–H groups in total. The number of aliphatic hydroxyl groups is 1. The summed E-state index contributed by atoms with van der Waals surface area (Å²) in [6.45, 7) is 16.2. The van der Waals surface area contributed by atoms with Crippen molar-refractivity contribution in [3.05, 3.63) is 41.2 Å². The van der Waals surface area contributed by atoms with Gasteiger partial charge in [0.15, 0.2) is 5.82 Å². The number of halogens is 1. The van der Waals surface area contributed by atoms with Gasteiger partial charge >= 0.3 is 0 Å². The van der Waals surface area contributed by atoms with Crippen molar-refractivity contribution in [2.24, 2.45) is 0 Å². The Hall–Kier alpha value is -2.88. The minimum absolute atomic E-state index is 0.00786. The Morgan fingerprint density at radius 2 is 1.95 bits per heavy atom. The number of fused-ring (bicyclic) bond motifs is 1. The van der Waals surface area contributed by atoms with Crippen LogP contribution in [0.25, 0.3) is 22.0 Å². The quantitative estimate of drug-likeness (QED) is 0.405. The standard InChI is InChI=1S/C31H42ClN7O2/c1-6-25(41)36-12-8-22(9-13-36)39-21(3)26(27-23-17-33-34-24(23)16-20(2)28(27)32)29(35-39)38-15-14-37(30(4,5)19-40)18-31(38)10-7-11-31/h6,16-17,22,40H,1,7-15,18-19H2,2-5H3,(H,33,34). The third-order valence-corrected chi connectivity index (χ3v) is 10.5. The first kappa shape index (κ1) is 28.2. The van der Waals surface area contributed by atoms with Crippen LogP contribution in [0.3, 0.4) is 0 Å². The minimum atomic E-state index is -0.271. The summed E-state index contributed by atoms with van der Waals surface area (Å²) < 4.78 is 2.21. The summed E-state index contributed by atoms with van der Waals surface area (Å²) in [5, 5.41) is 24.8. The fourth-order valence-electron chi connectivity index (χ4n) is 7.18. The number of aliphatic hydroxyl groups excluding tert-OH is 1. The predicted octanol–water partition coefficient (Wildman–Crippen LogP) is 4.86. The Bertz CT molecular complexity index is 1480. The highest BCUT2D eigenvalue weighted by molar-refractivity contribution is 6.36. The van der Waals surface area contributed by atoms with Crippen LogP contribution >= 0.6 is 11.6 Å². The first-order valence-corrected chi connectivity index (χ1v) is 15.2. The number of aromatic nitrogens is 4. The van der Waals surface area contributed by atoms with Crippen molar-refractivity contribution in [1.29, 1.82) is 0 Å². The average Bonchev–Trinajstić information content (AvgIpc) is 3.56.